The van der Waals surface area contributed by atoms with E-state index in [1.54, 1.807) is 11.8 Å². The van der Waals surface area contributed by atoms with E-state index < -0.39 is 0 Å². The Morgan fingerprint density at radius 2 is 1.65 bits per heavy atom. The Kier molecular flexibility index (Phi) is 10.2. The van der Waals surface area contributed by atoms with Crippen molar-refractivity contribution in [1.29, 1.82) is 0 Å². The third-order valence-electron chi connectivity index (χ3n) is 2.89. The lowest BCUT2D eigenvalue weighted by Crippen LogP contribution is -2.44. The van der Waals surface area contributed by atoms with Crippen LogP contribution in [0.25, 0.3) is 0 Å². The SMILES string of the molecule is CC(C)CC(=O)CCSCC(NC(C)C)C(=O)C(C)C. The maximum Gasteiger partial charge on any atom is 0.153 e. The van der Waals surface area contributed by atoms with E-state index in [9.17, 15) is 9.59 Å². The molecule has 0 radical (unpaired) electrons. The van der Waals surface area contributed by atoms with Crippen molar-refractivity contribution in [3.63, 3.8) is 0 Å². The quantitative estimate of drug-likeness (QED) is 0.595. The number of hydrogen-bond donors (Lipinski definition) is 1. The van der Waals surface area contributed by atoms with Crippen molar-refractivity contribution in [3.05, 3.63) is 0 Å². The highest BCUT2D eigenvalue weighted by Gasteiger charge is 2.21. The van der Waals surface area contributed by atoms with Gasteiger partial charge in [-0.05, 0) is 5.92 Å². The second-order valence-corrected chi connectivity index (χ2v) is 7.54. The summed E-state index contributed by atoms with van der Waals surface area (Å²) in [5.74, 6) is 2.65. The summed E-state index contributed by atoms with van der Waals surface area (Å²) in [7, 11) is 0. The molecular formula is C16H31NO2S. The van der Waals surface area contributed by atoms with Crippen LogP contribution in [0.15, 0.2) is 0 Å². The number of ketones is 2. The van der Waals surface area contributed by atoms with Gasteiger partial charge >= 0.3 is 0 Å². The molecule has 0 rings (SSSR count). The number of carbonyl (C=O) groups is 2. The highest BCUT2D eigenvalue weighted by atomic mass is 32.2. The number of Topliss-reactive ketones (excluding diaryl/α,β-unsaturated/α-hetero) is 2. The van der Waals surface area contributed by atoms with Gasteiger partial charge in [0.15, 0.2) is 5.78 Å². The lowest BCUT2D eigenvalue weighted by molar-refractivity contribution is -0.123. The normalized spacial score (nSPS) is 13.2. The van der Waals surface area contributed by atoms with Gasteiger partial charge in [-0.2, -0.15) is 11.8 Å². The van der Waals surface area contributed by atoms with Gasteiger partial charge in [-0.1, -0.05) is 41.5 Å². The second kappa shape index (κ2) is 10.4. The van der Waals surface area contributed by atoms with Crippen LogP contribution in [0.3, 0.4) is 0 Å². The zero-order valence-electron chi connectivity index (χ0n) is 13.9. The van der Waals surface area contributed by atoms with Gasteiger partial charge in [-0.3, -0.25) is 9.59 Å². The Bertz CT molecular complexity index is 301. The molecule has 1 unspecified atom stereocenters. The van der Waals surface area contributed by atoms with Crippen molar-refractivity contribution < 1.29 is 9.59 Å². The minimum absolute atomic E-state index is 0.0504. The van der Waals surface area contributed by atoms with Crippen LogP contribution in [0.1, 0.15) is 54.4 Å². The molecule has 0 aromatic rings. The molecule has 1 N–H and O–H groups in total. The van der Waals surface area contributed by atoms with Crippen molar-refractivity contribution in [3.8, 4) is 0 Å². The molecule has 0 aromatic carbocycles. The molecule has 0 aliphatic heterocycles. The molecule has 0 aliphatic carbocycles. The van der Waals surface area contributed by atoms with Crippen molar-refractivity contribution in [2.45, 2.75) is 66.5 Å². The van der Waals surface area contributed by atoms with E-state index in [0.29, 0.717) is 30.6 Å². The van der Waals surface area contributed by atoms with E-state index in [-0.39, 0.29) is 17.7 Å². The van der Waals surface area contributed by atoms with E-state index in [1.807, 2.05) is 13.8 Å². The summed E-state index contributed by atoms with van der Waals surface area (Å²) in [5, 5.41) is 3.33. The van der Waals surface area contributed by atoms with Gasteiger partial charge in [0.2, 0.25) is 0 Å². The molecule has 0 amide bonds. The molecule has 0 saturated heterocycles. The summed E-state index contributed by atoms with van der Waals surface area (Å²) in [6, 6.07) is 0.200. The van der Waals surface area contributed by atoms with Crippen molar-refractivity contribution in [1.82, 2.24) is 5.32 Å². The molecule has 0 aromatic heterocycles. The topological polar surface area (TPSA) is 46.2 Å². The Balaban J connectivity index is 4.08. The van der Waals surface area contributed by atoms with Crippen LogP contribution in [0.2, 0.25) is 0 Å². The molecular weight excluding hydrogens is 270 g/mol. The molecule has 0 spiro atoms. The van der Waals surface area contributed by atoms with E-state index >= 15 is 0 Å². The zero-order valence-corrected chi connectivity index (χ0v) is 14.7. The number of nitrogens with one attached hydrogen (secondary N) is 1. The number of carbonyl (C=O) groups excluding carboxylic acids is 2. The van der Waals surface area contributed by atoms with Crippen LogP contribution in [-0.2, 0) is 9.59 Å². The van der Waals surface area contributed by atoms with Crippen molar-refractivity contribution in [2.24, 2.45) is 11.8 Å². The van der Waals surface area contributed by atoms with Crippen molar-refractivity contribution in [2.75, 3.05) is 11.5 Å². The van der Waals surface area contributed by atoms with E-state index in [0.717, 1.165) is 11.5 Å². The van der Waals surface area contributed by atoms with Gasteiger partial charge < -0.3 is 5.32 Å². The van der Waals surface area contributed by atoms with Gasteiger partial charge in [0.25, 0.3) is 0 Å². The van der Waals surface area contributed by atoms with Gasteiger partial charge in [0.1, 0.15) is 5.78 Å². The number of thioether (sulfide) groups is 1. The monoisotopic (exact) mass is 301 g/mol. The minimum Gasteiger partial charge on any atom is -0.305 e. The van der Waals surface area contributed by atoms with Crippen molar-refractivity contribution >= 4 is 23.3 Å². The molecule has 3 nitrogen and oxygen atoms in total. The first kappa shape index (κ1) is 19.7. The maximum atomic E-state index is 12.1. The lowest BCUT2D eigenvalue weighted by atomic mass is 10.0. The first-order valence-corrected chi connectivity index (χ1v) is 8.78. The van der Waals surface area contributed by atoms with Crippen LogP contribution in [0, 0.1) is 11.8 Å². The standard InChI is InChI=1S/C16H31NO2S/c1-11(2)9-14(18)7-8-20-10-15(17-13(5)6)16(19)12(3)4/h11-13,15,17H,7-10H2,1-6H3. The van der Waals surface area contributed by atoms with E-state index in [4.69, 9.17) is 0 Å². The van der Waals surface area contributed by atoms with Crippen LogP contribution < -0.4 is 5.32 Å². The third-order valence-corrected chi connectivity index (χ3v) is 3.95. The van der Waals surface area contributed by atoms with Crippen LogP contribution >= 0.6 is 11.8 Å². The summed E-state index contributed by atoms with van der Waals surface area (Å²) in [4.78, 5) is 23.7. The fourth-order valence-corrected chi connectivity index (χ4v) is 3.00. The molecule has 4 heteroatoms. The van der Waals surface area contributed by atoms with E-state index in [2.05, 4.69) is 33.0 Å². The minimum atomic E-state index is -0.0970. The van der Waals surface area contributed by atoms with Gasteiger partial charge in [0, 0.05) is 36.3 Å². The Morgan fingerprint density at radius 1 is 1.05 bits per heavy atom. The molecule has 0 bridgehead atoms. The predicted molar refractivity (Wildman–Crippen MR) is 88.3 cm³/mol. The summed E-state index contributed by atoms with van der Waals surface area (Å²) >= 11 is 1.70. The molecule has 0 heterocycles. The van der Waals surface area contributed by atoms with Gasteiger partial charge in [0.05, 0.1) is 6.04 Å². The fraction of sp³-hybridized carbons (Fsp3) is 0.875. The molecule has 1 atom stereocenters. The third kappa shape index (κ3) is 9.54. The Hall–Kier alpha value is -0.350. The van der Waals surface area contributed by atoms with Gasteiger partial charge in [-0.25, -0.2) is 0 Å². The molecule has 0 aliphatic rings. The molecule has 0 saturated carbocycles. The lowest BCUT2D eigenvalue weighted by Gasteiger charge is -2.21. The summed E-state index contributed by atoms with van der Waals surface area (Å²) in [6.07, 6.45) is 1.28. The summed E-state index contributed by atoms with van der Waals surface area (Å²) in [5.41, 5.74) is 0. The number of hydrogen-bond acceptors (Lipinski definition) is 4. The second-order valence-electron chi connectivity index (χ2n) is 6.39. The largest absolute Gasteiger partial charge is 0.305 e. The smallest absolute Gasteiger partial charge is 0.153 e. The average molecular weight is 301 g/mol. The molecule has 118 valence electrons. The highest BCUT2D eigenvalue weighted by Crippen LogP contribution is 2.12. The van der Waals surface area contributed by atoms with Crippen LogP contribution in [0.4, 0.5) is 0 Å². The molecule has 20 heavy (non-hydrogen) atoms. The van der Waals surface area contributed by atoms with E-state index in [1.165, 1.54) is 0 Å². The zero-order chi connectivity index (χ0) is 15.7. The van der Waals surface area contributed by atoms with Gasteiger partial charge in [-0.15, -0.1) is 0 Å². The Labute approximate surface area is 128 Å². The first-order valence-electron chi connectivity index (χ1n) is 7.63. The Morgan fingerprint density at radius 3 is 2.10 bits per heavy atom. The molecule has 0 fully saturated rings. The fourth-order valence-electron chi connectivity index (χ4n) is 1.96. The average Bonchev–Trinajstić information content (AvgIpc) is 2.30. The van der Waals surface area contributed by atoms with Crippen LogP contribution in [-0.4, -0.2) is 35.2 Å². The highest BCUT2D eigenvalue weighted by molar-refractivity contribution is 7.99. The predicted octanol–water partition coefficient (Wildman–Crippen LogP) is 3.32. The first-order chi connectivity index (χ1) is 9.23. The number of rotatable bonds is 11. The van der Waals surface area contributed by atoms with Crippen LogP contribution in [0.5, 0.6) is 0 Å². The summed E-state index contributed by atoms with van der Waals surface area (Å²) < 4.78 is 0. The maximum absolute atomic E-state index is 12.1. The summed E-state index contributed by atoms with van der Waals surface area (Å²) in [6.45, 7) is 12.1.